The van der Waals surface area contributed by atoms with Crippen LogP contribution in [0.4, 0.5) is 0 Å². The van der Waals surface area contributed by atoms with Crippen LogP contribution in [0.3, 0.4) is 0 Å². The molecule has 31 heavy (non-hydrogen) atoms. The summed E-state index contributed by atoms with van der Waals surface area (Å²) in [5, 5.41) is 50.3. The van der Waals surface area contributed by atoms with Gasteiger partial charge in [-0.2, -0.15) is 0 Å². The molecular formula is C22H22O9. The largest absolute Gasteiger partial charge is 0.507 e. The van der Waals surface area contributed by atoms with Crippen LogP contribution in [0.25, 0.3) is 5.76 Å². The van der Waals surface area contributed by atoms with Gasteiger partial charge in [0.25, 0.3) is 0 Å². The van der Waals surface area contributed by atoms with Gasteiger partial charge in [-0.1, -0.05) is 6.07 Å². The predicted molar refractivity (Wildman–Crippen MR) is 108 cm³/mol. The first-order chi connectivity index (χ1) is 14.6. The van der Waals surface area contributed by atoms with Gasteiger partial charge in [0, 0.05) is 12.0 Å². The maximum absolute atomic E-state index is 12.9. The highest BCUT2D eigenvalue weighted by Gasteiger charge is 2.33. The third kappa shape index (κ3) is 4.41. The fourth-order valence-electron chi connectivity index (χ4n) is 3.37. The lowest BCUT2D eigenvalue weighted by molar-refractivity contribution is -0.129. The minimum absolute atomic E-state index is 0.0776. The number of rotatable bonds is 8. The van der Waals surface area contributed by atoms with Crippen LogP contribution in [0.15, 0.2) is 30.3 Å². The van der Waals surface area contributed by atoms with Crippen LogP contribution in [-0.2, 0) is 16.0 Å². The third-order valence-electron chi connectivity index (χ3n) is 4.87. The summed E-state index contributed by atoms with van der Waals surface area (Å²) in [4.78, 5) is 24.6. The minimum atomic E-state index is -1.36. The van der Waals surface area contributed by atoms with Crippen LogP contribution in [0.5, 0.6) is 28.7 Å². The van der Waals surface area contributed by atoms with E-state index in [-0.39, 0.29) is 41.3 Å². The molecule has 0 fully saturated rings. The van der Waals surface area contributed by atoms with E-state index in [9.17, 15) is 35.1 Å². The molecule has 0 amide bonds. The van der Waals surface area contributed by atoms with Crippen molar-refractivity contribution >= 4 is 17.3 Å². The molecule has 0 bridgehead atoms. The molecular weight excluding hydrogens is 408 g/mol. The van der Waals surface area contributed by atoms with E-state index in [1.54, 1.807) is 6.07 Å². The van der Waals surface area contributed by atoms with Crippen molar-refractivity contribution in [3.63, 3.8) is 0 Å². The molecule has 1 aliphatic rings. The number of aliphatic hydroxyl groups excluding tert-OH is 2. The number of aromatic hydroxyl groups is 3. The SMILES string of the molecule is COc1ccc(CC(=O)C(CC(C)=O)Oc2c(O)c(O)cc3c2C(O)=CC3O)cc1O. The Kier molecular flexibility index (Phi) is 6.07. The molecule has 0 saturated heterocycles. The lowest BCUT2D eigenvalue weighted by Gasteiger charge is -2.21. The van der Waals surface area contributed by atoms with Crippen molar-refractivity contribution < 1.29 is 44.6 Å². The third-order valence-corrected chi connectivity index (χ3v) is 4.87. The first-order valence-corrected chi connectivity index (χ1v) is 9.35. The molecule has 0 heterocycles. The van der Waals surface area contributed by atoms with Crippen LogP contribution in [0.2, 0.25) is 0 Å². The lowest BCUT2D eigenvalue weighted by Crippen LogP contribution is -2.31. The van der Waals surface area contributed by atoms with E-state index in [1.165, 1.54) is 26.2 Å². The zero-order chi connectivity index (χ0) is 22.9. The highest BCUT2D eigenvalue weighted by Crippen LogP contribution is 2.48. The fourth-order valence-corrected chi connectivity index (χ4v) is 3.37. The van der Waals surface area contributed by atoms with E-state index in [1.807, 2.05) is 0 Å². The van der Waals surface area contributed by atoms with Gasteiger partial charge >= 0.3 is 0 Å². The normalized spacial score (nSPS) is 15.7. The van der Waals surface area contributed by atoms with Gasteiger partial charge in [0.1, 0.15) is 17.6 Å². The van der Waals surface area contributed by atoms with E-state index < -0.39 is 41.0 Å². The summed E-state index contributed by atoms with van der Waals surface area (Å²) in [7, 11) is 1.39. The summed E-state index contributed by atoms with van der Waals surface area (Å²) in [6, 6.07) is 5.46. The molecule has 2 atom stereocenters. The molecule has 1 aliphatic carbocycles. The van der Waals surface area contributed by atoms with Crippen LogP contribution in [0, 0.1) is 0 Å². The van der Waals surface area contributed by atoms with E-state index in [2.05, 4.69) is 0 Å². The Morgan fingerprint density at radius 2 is 1.81 bits per heavy atom. The number of benzene rings is 2. The number of phenols is 3. The zero-order valence-corrected chi connectivity index (χ0v) is 16.8. The standard InChI is InChI=1S/C22H22O9/c1-10(23)5-19(15(26)7-11-3-4-18(30-2)14(25)6-11)31-22-20-12(8-17(28)21(22)29)13(24)9-16(20)27/h3-4,6,8-9,13,19,24-25,27-29H,5,7H2,1-2H3. The Balaban J connectivity index is 1.94. The van der Waals surface area contributed by atoms with Gasteiger partial charge in [0.05, 0.1) is 19.1 Å². The Hall–Kier alpha value is -3.72. The van der Waals surface area contributed by atoms with Crippen LogP contribution < -0.4 is 9.47 Å². The predicted octanol–water partition coefficient (Wildman–Crippen LogP) is 2.30. The quantitative estimate of drug-likeness (QED) is 0.397. The van der Waals surface area contributed by atoms with E-state index in [0.29, 0.717) is 5.56 Å². The molecule has 9 heteroatoms. The Morgan fingerprint density at radius 3 is 2.42 bits per heavy atom. The van der Waals surface area contributed by atoms with Gasteiger partial charge in [-0.3, -0.25) is 9.59 Å². The van der Waals surface area contributed by atoms with Gasteiger partial charge in [-0.15, -0.1) is 0 Å². The van der Waals surface area contributed by atoms with Gasteiger partial charge in [-0.25, -0.2) is 0 Å². The molecule has 2 unspecified atom stereocenters. The maximum Gasteiger partial charge on any atom is 0.201 e. The summed E-state index contributed by atoms with van der Waals surface area (Å²) in [6.45, 7) is 1.26. The van der Waals surface area contributed by atoms with Gasteiger partial charge in [0.15, 0.2) is 34.9 Å². The Morgan fingerprint density at radius 1 is 1.10 bits per heavy atom. The molecule has 2 aromatic carbocycles. The second-order valence-corrected chi connectivity index (χ2v) is 7.20. The molecule has 9 nitrogen and oxygen atoms in total. The molecule has 0 aromatic heterocycles. The Bertz CT molecular complexity index is 1070. The molecule has 0 aliphatic heterocycles. The summed E-state index contributed by atoms with van der Waals surface area (Å²) < 4.78 is 10.6. The lowest BCUT2D eigenvalue weighted by atomic mass is 10.0. The van der Waals surface area contributed by atoms with Crippen LogP contribution in [0.1, 0.15) is 36.1 Å². The molecule has 0 saturated carbocycles. The zero-order valence-electron chi connectivity index (χ0n) is 16.8. The highest BCUT2D eigenvalue weighted by molar-refractivity contribution is 5.91. The monoisotopic (exact) mass is 430 g/mol. The van der Waals surface area contributed by atoms with Crippen molar-refractivity contribution in [1.29, 1.82) is 0 Å². The van der Waals surface area contributed by atoms with Crippen molar-refractivity contribution in [2.24, 2.45) is 0 Å². The number of methoxy groups -OCH3 is 1. The fraction of sp³-hybridized carbons (Fsp3) is 0.273. The topological polar surface area (TPSA) is 154 Å². The highest BCUT2D eigenvalue weighted by atomic mass is 16.5. The number of carbonyl (C=O) groups excluding carboxylic acids is 2. The van der Waals surface area contributed by atoms with Gasteiger partial charge in [-0.05, 0) is 36.8 Å². The van der Waals surface area contributed by atoms with Crippen LogP contribution >= 0.6 is 0 Å². The number of hydrogen-bond acceptors (Lipinski definition) is 9. The summed E-state index contributed by atoms with van der Waals surface area (Å²) in [5.74, 6) is -3.02. The van der Waals surface area contributed by atoms with Crippen LogP contribution in [-0.4, -0.2) is 50.3 Å². The average Bonchev–Trinajstić information content (AvgIpc) is 2.97. The molecule has 0 radical (unpaired) electrons. The average molecular weight is 430 g/mol. The number of hydrogen-bond donors (Lipinski definition) is 5. The van der Waals surface area contributed by atoms with E-state index in [0.717, 1.165) is 12.1 Å². The molecule has 2 aromatic rings. The number of Topliss-reactive ketones (excluding diaryl/α,β-unsaturated/α-hetero) is 2. The smallest absolute Gasteiger partial charge is 0.201 e. The summed E-state index contributed by atoms with van der Waals surface area (Å²) >= 11 is 0. The van der Waals surface area contributed by atoms with Crippen molar-refractivity contribution in [3.05, 3.63) is 47.0 Å². The van der Waals surface area contributed by atoms with Crippen molar-refractivity contribution in [2.45, 2.75) is 32.0 Å². The van der Waals surface area contributed by atoms with Crippen molar-refractivity contribution in [1.82, 2.24) is 0 Å². The second-order valence-electron chi connectivity index (χ2n) is 7.20. The Labute approximate surface area is 177 Å². The van der Waals surface area contributed by atoms with Crippen molar-refractivity contribution in [2.75, 3.05) is 7.11 Å². The summed E-state index contributed by atoms with van der Waals surface area (Å²) in [6.07, 6.45) is -2.06. The maximum atomic E-state index is 12.9. The number of phenolic OH excluding ortho intramolecular Hbond substituents is 3. The molecule has 0 spiro atoms. The first-order valence-electron chi connectivity index (χ1n) is 9.35. The molecule has 3 rings (SSSR count). The number of ketones is 2. The second kappa shape index (κ2) is 8.57. The summed E-state index contributed by atoms with van der Waals surface area (Å²) in [5.41, 5.74) is 0.437. The number of aliphatic hydroxyl groups is 2. The van der Waals surface area contributed by atoms with E-state index >= 15 is 0 Å². The van der Waals surface area contributed by atoms with Gasteiger partial charge < -0.3 is 35.0 Å². The molecule has 5 N–H and O–H groups in total. The number of fused-ring (bicyclic) bond motifs is 1. The van der Waals surface area contributed by atoms with Crippen molar-refractivity contribution in [3.8, 4) is 28.7 Å². The number of ether oxygens (including phenoxy) is 2. The number of carbonyl (C=O) groups is 2. The van der Waals surface area contributed by atoms with Gasteiger partial charge in [0.2, 0.25) is 5.75 Å². The minimum Gasteiger partial charge on any atom is -0.507 e. The molecule has 164 valence electrons. The van der Waals surface area contributed by atoms with E-state index in [4.69, 9.17) is 9.47 Å². The first kappa shape index (κ1) is 22.0.